The first kappa shape index (κ1) is 20.4. The van der Waals surface area contributed by atoms with Crippen LogP contribution in [-0.4, -0.2) is 37.7 Å². The number of ether oxygens (including phenoxy) is 2. The van der Waals surface area contributed by atoms with Gasteiger partial charge in [0.1, 0.15) is 11.5 Å². The molecule has 0 saturated carbocycles. The monoisotopic (exact) mass is 405 g/mol. The first-order valence-corrected chi connectivity index (χ1v) is 9.10. The molecule has 3 rings (SSSR count). The fourth-order valence-electron chi connectivity index (χ4n) is 3.02. The normalized spacial score (nSPS) is 16.1. The van der Waals surface area contributed by atoms with Gasteiger partial charge in [-0.1, -0.05) is 0 Å². The topological polar surface area (TPSA) is 79.9 Å². The van der Waals surface area contributed by atoms with Crippen molar-refractivity contribution < 1.29 is 27.8 Å². The molecule has 0 spiro atoms. The van der Waals surface area contributed by atoms with Gasteiger partial charge in [0.15, 0.2) is 0 Å². The molecule has 154 valence electrons. The number of benzene rings is 2. The van der Waals surface area contributed by atoms with Gasteiger partial charge in [-0.05, 0) is 55.5 Å². The molecule has 2 aromatic rings. The van der Waals surface area contributed by atoms with Crippen molar-refractivity contribution in [2.45, 2.75) is 26.0 Å². The van der Waals surface area contributed by atoms with Crippen molar-refractivity contribution in [1.82, 2.24) is 5.32 Å². The lowest BCUT2D eigenvalue weighted by molar-refractivity contribution is -0.117. The molecule has 1 atom stereocenters. The van der Waals surface area contributed by atoms with Crippen LogP contribution in [0.4, 0.5) is 25.0 Å². The van der Waals surface area contributed by atoms with Gasteiger partial charge < -0.3 is 25.0 Å². The average molecular weight is 405 g/mol. The Hall–Kier alpha value is -3.36. The van der Waals surface area contributed by atoms with E-state index in [2.05, 4.69) is 15.4 Å². The predicted molar refractivity (Wildman–Crippen MR) is 104 cm³/mol. The van der Waals surface area contributed by atoms with Gasteiger partial charge >= 0.3 is 12.6 Å². The van der Waals surface area contributed by atoms with Crippen LogP contribution >= 0.6 is 0 Å². The number of carbonyl (C=O) groups excluding carboxylic acids is 2. The predicted octanol–water partition coefficient (Wildman–Crippen LogP) is 3.61. The average Bonchev–Trinajstić information content (AvgIpc) is 3.04. The van der Waals surface area contributed by atoms with Crippen molar-refractivity contribution in [1.29, 1.82) is 0 Å². The van der Waals surface area contributed by atoms with E-state index in [9.17, 15) is 18.4 Å². The molecule has 1 fully saturated rings. The van der Waals surface area contributed by atoms with Gasteiger partial charge in [-0.25, -0.2) is 4.79 Å². The highest BCUT2D eigenvalue weighted by molar-refractivity contribution is 5.97. The number of halogens is 2. The van der Waals surface area contributed by atoms with Crippen LogP contribution in [0, 0.1) is 0 Å². The number of anilines is 2. The minimum absolute atomic E-state index is 0.00153. The van der Waals surface area contributed by atoms with E-state index in [4.69, 9.17) is 4.74 Å². The van der Waals surface area contributed by atoms with E-state index < -0.39 is 12.6 Å². The van der Waals surface area contributed by atoms with Crippen LogP contribution in [0.3, 0.4) is 0 Å². The van der Waals surface area contributed by atoms with E-state index >= 15 is 0 Å². The van der Waals surface area contributed by atoms with Gasteiger partial charge in [0.25, 0.3) is 0 Å². The van der Waals surface area contributed by atoms with Gasteiger partial charge in [-0.3, -0.25) is 4.79 Å². The van der Waals surface area contributed by atoms with Gasteiger partial charge in [-0.2, -0.15) is 8.78 Å². The van der Waals surface area contributed by atoms with E-state index in [0.29, 0.717) is 18.8 Å². The molecule has 0 radical (unpaired) electrons. The highest BCUT2D eigenvalue weighted by atomic mass is 19.3. The number of alkyl halides is 2. The second-order valence-corrected chi connectivity index (χ2v) is 6.33. The smallest absolute Gasteiger partial charge is 0.387 e. The fourth-order valence-corrected chi connectivity index (χ4v) is 3.02. The SMILES string of the molecule is CCOc1ccc(N2CC(NC(=O)Nc3ccc(OC(F)F)cc3)CC2=O)cc1. The van der Waals surface area contributed by atoms with Crippen LogP contribution in [0.1, 0.15) is 13.3 Å². The Morgan fingerprint density at radius 2 is 1.79 bits per heavy atom. The van der Waals surface area contributed by atoms with Crippen molar-refractivity contribution in [3.05, 3.63) is 48.5 Å². The van der Waals surface area contributed by atoms with Crippen LogP contribution in [0.5, 0.6) is 11.5 Å². The quantitative estimate of drug-likeness (QED) is 0.738. The summed E-state index contributed by atoms with van der Waals surface area (Å²) in [7, 11) is 0. The molecule has 7 nitrogen and oxygen atoms in total. The van der Waals surface area contributed by atoms with Crippen molar-refractivity contribution in [2.24, 2.45) is 0 Å². The number of hydrogen-bond donors (Lipinski definition) is 2. The van der Waals surface area contributed by atoms with Crippen LogP contribution in [0.25, 0.3) is 0 Å². The maximum Gasteiger partial charge on any atom is 0.387 e. The lowest BCUT2D eigenvalue weighted by Gasteiger charge is -2.18. The highest BCUT2D eigenvalue weighted by Crippen LogP contribution is 2.24. The second-order valence-electron chi connectivity index (χ2n) is 6.33. The third-order valence-electron chi connectivity index (χ3n) is 4.26. The number of nitrogens with one attached hydrogen (secondary N) is 2. The number of nitrogens with zero attached hydrogens (tertiary/aromatic N) is 1. The summed E-state index contributed by atoms with van der Waals surface area (Å²) in [5.41, 5.74) is 1.15. The molecule has 9 heteroatoms. The van der Waals surface area contributed by atoms with Crippen molar-refractivity contribution >= 4 is 23.3 Å². The third-order valence-corrected chi connectivity index (χ3v) is 4.26. The Kier molecular flexibility index (Phi) is 6.48. The molecule has 1 unspecified atom stereocenters. The van der Waals surface area contributed by atoms with E-state index in [-0.39, 0.29) is 24.1 Å². The largest absolute Gasteiger partial charge is 0.494 e. The minimum Gasteiger partial charge on any atom is -0.494 e. The van der Waals surface area contributed by atoms with Crippen molar-refractivity contribution in [3.8, 4) is 11.5 Å². The molecular formula is C20H21F2N3O4. The zero-order chi connectivity index (χ0) is 20.8. The molecule has 3 amide bonds. The number of amides is 3. The van der Waals surface area contributed by atoms with E-state index in [1.54, 1.807) is 29.2 Å². The summed E-state index contributed by atoms with van der Waals surface area (Å²) in [5.74, 6) is 0.633. The number of rotatable bonds is 7. The molecule has 29 heavy (non-hydrogen) atoms. The maximum absolute atomic E-state index is 12.3. The molecule has 1 aliphatic heterocycles. The number of urea groups is 1. The highest BCUT2D eigenvalue weighted by Gasteiger charge is 2.31. The lowest BCUT2D eigenvalue weighted by atomic mass is 10.2. The summed E-state index contributed by atoms with van der Waals surface area (Å²) in [6.07, 6.45) is 0.182. The van der Waals surface area contributed by atoms with E-state index in [0.717, 1.165) is 11.4 Å². The second kappa shape index (κ2) is 9.22. The number of hydrogen-bond acceptors (Lipinski definition) is 4. The molecule has 2 N–H and O–H groups in total. The van der Waals surface area contributed by atoms with Crippen LogP contribution in [0.15, 0.2) is 48.5 Å². The molecule has 1 saturated heterocycles. The van der Waals surface area contributed by atoms with Crippen LogP contribution in [-0.2, 0) is 4.79 Å². The Labute approximate surface area is 166 Å². The molecule has 2 aromatic carbocycles. The molecule has 0 bridgehead atoms. The van der Waals surface area contributed by atoms with Crippen molar-refractivity contribution in [2.75, 3.05) is 23.4 Å². The summed E-state index contributed by atoms with van der Waals surface area (Å²) in [4.78, 5) is 26.1. The Morgan fingerprint density at radius 1 is 1.14 bits per heavy atom. The Morgan fingerprint density at radius 3 is 2.41 bits per heavy atom. The Bertz CT molecular complexity index is 844. The zero-order valence-electron chi connectivity index (χ0n) is 15.7. The van der Waals surface area contributed by atoms with Crippen molar-refractivity contribution in [3.63, 3.8) is 0 Å². The summed E-state index contributed by atoms with van der Waals surface area (Å²) in [5, 5.41) is 5.35. The van der Waals surface area contributed by atoms with E-state index in [1.807, 2.05) is 6.92 Å². The fraction of sp³-hybridized carbons (Fsp3) is 0.300. The van der Waals surface area contributed by atoms with Crippen LogP contribution in [0.2, 0.25) is 0 Å². The summed E-state index contributed by atoms with van der Waals surface area (Å²) in [6, 6.07) is 11.9. The summed E-state index contributed by atoms with van der Waals surface area (Å²) in [6.45, 7) is -0.104. The van der Waals surface area contributed by atoms with Gasteiger partial charge in [0, 0.05) is 24.3 Å². The van der Waals surface area contributed by atoms with Crippen LogP contribution < -0.4 is 25.0 Å². The minimum atomic E-state index is -2.91. The standard InChI is InChI=1S/C20H21F2N3O4/c1-2-28-16-9-5-15(6-10-16)25-12-14(11-18(25)26)24-20(27)23-13-3-7-17(8-4-13)29-19(21)22/h3-10,14,19H,2,11-12H2,1H3,(H2,23,24,27). The van der Waals surface area contributed by atoms with Gasteiger partial charge in [0.05, 0.1) is 12.6 Å². The van der Waals surface area contributed by atoms with E-state index in [1.165, 1.54) is 24.3 Å². The Balaban J connectivity index is 1.53. The third kappa shape index (κ3) is 5.56. The molecule has 0 aromatic heterocycles. The maximum atomic E-state index is 12.3. The van der Waals surface area contributed by atoms with Gasteiger partial charge in [-0.15, -0.1) is 0 Å². The molecule has 1 heterocycles. The molecule has 0 aliphatic carbocycles. The molecule has 1 aliphatic rings. The summed E-state index contributed by atoms with van der Waals surface area (Å²) >= 11 is 0. The lowest BCUT2D eigenvalue weighted by Crippen LogP contribution is -2.39. The summed E-state index contributed by atoms with van der Waals surface area (Å²) < 4.78 is 34.0. The van der Waals surface area contributed by atoms with Gasteiger partial charge in [0.2, 0.25) is 5.91 Å². The number of carbonyl (C=O) groups is 2. The first-order valence-electron chi connectivity index (χ1n) is 9.10. The first-order chi connectivity index (χ1) is 13.9. The molecular weight excluding hydrogens is 384 g/mol. The zero-order valence-corrected chi connectivity index (χ0v) is 15.7.